The SMILES string of the molecule is CCOc1cccc(Sc2nc(N)nc3c2ncn3CC(C)OC(P(=O)(O)CC(F)(F)F)P(=O)(O)CC(F)(F)F)c1. The van der Waals surface area contributed by atoms with Crippen molar-refractivity contribution in [3.05, 3.63) is 30.6 Å². The summed E-state index contributed by atoms with van der Waals surface area (Å²) in [6, 6.07) is 7.02. The molecule has 2 aromatic heterocycles. The van der Waals surface area contributed by atoms with Gasteiger partial charge in [0.25, 0.3) is 0 Å². The quantitative estimate of drug-likeness (QED) is 0.132. The fourth-order valence-corrected chi connectivity index (χ4v) is 9.52. The minimum absolute atomic E-state index is 0.0953. The van der Waals surface area contributed by atoms with Crippen LogP contribution in [0, 0.1) is 0 Å². The molecular weight excluding hydrogens is 626 g/mol. The topological polar surface area (TPSA) is 163 Å². The fourth-order valence-electron chi connectivity index (χ4n) is 3.71. The van der Waals surface area contributed by atoms with E-state index in [4.69, 9.17) is 15.2 Å². The number of rotatable bonds is 12. The van der Waals surface area contributed by atoms with Gasteiger partial charge in [-0.05, 0) is 32.0 Å². The number of fused-ring (bicyclic) bond motifs is 1. The molecule has 0 saturated carbocycles. The van der Waals surface area contributed by atoms with E-state index in [1.165, 1.54) is 10.9 Å². The van der Waals surface area contributed by atoms with Gasteiger partial charge in [0, 0.05) is 4.90 Å². The second-order valence-electron chi connectivity index (χ2n) is 8.80. The van der Waals surface area contributed by atoms with Gasteiger partial charge in [-0.25, -0.2) is 9.97 Å². The molecule has 0 saturated heterocycles. The first-order chi connectivity index (χ1) is 18.8. The van der Waals surface area contributed by atoms with Crippen molar-refractivity contribution in [3.8, 4) is 5.75 Å². The third-order valence-electron chi connectivity index (χ3n) is 5.09. The van der Waals surface area contributed by atoms with Crippen molar-refractivity contribution < 1.29 is 54.7 Å². The van der Waals surface area contributed by atoms with Crippen LogP contribution in [0.25, 0.3) is 11.2 Å². The minimum atomic E-state index is -5.83. The first kappa shape index (κ1) is 33.1. The molecule has 2 heterocycles. The number of ether oxygens (including phenoxy) is 2. The molecule has 228 valence electrons. The Balaban J connectivity index is 1.90. The number of aromatic nitrogens is 4. The maximum Gasteiger partial charge on any atom is 0.398 e. The van der Waals surface area contributed by atoms with E-state index in [9.17, 15) is 45.3 Å². The highest BCUT2D eigenvalue weighted by molar-refractivity contribution is 7.99. The molecule has 20 heteroatoms. The summed E-state index contributed by atoms with van der Waals surface area (Å²) in [7, 11) is -11.7. The predicted octanol–water partition coefficient (Wildman–Crippen LogP) is 5.31. The van der Waals surface area contributed by atoms with Crippen molar-refractivity contribution in [1.29, 1.82) is 0 Å². The summed E-state index contributed by atoms with van der Waals surface area (Å²) < 4.78 is 114. The molecule has 3 atom stereocenters. The summed E-state index contributed by atoms with van der Waals surface area (Å²) >= 11 is 1.16. The van der Waals surface area contributed by atoms with Gasteiger partial charge in [0.2, 0.25) is 26.3 Å². The molecule has 0 aliphatic rings. The van der Waals surface area contributed by atoms with Crippen LogP contribution >= 0.6 is 26.5 Å². The maximum atomic E-state index is 12.9. The lowest BCUT2D eigenvalue weighted by Crippen LogP contribution is -2.30. The van der Waals surface area contributed by atoms with Gasteiger partial charge in [-0.1, -0.05) is 17.8 Å². The van der Waals surface area contributed by atoms with Crippen LogP contribution in [0.5, 0.6) is 5.75 Å². The van der Waals surface area contributed by atoms with Crippen molar-refractivity contribution in [2.75, 3.05) is 24.7 Å². The molecule has 3 unspecified atom stereocenters. The van der Waals surface area contributed by atoms with E-state index >= 15 is 0 Å². The molecule has 1 aromatic carbocycles. The number of halogens is 6. The number of imidazole rings is 1. The summed E-state index contributed by atoms with van der Waals surface area (Å²) in [6.07, 6.45) is -16.0. The Morgan fingerprint density at radius 2 is 1.68 bits per heavy atom. The summed E-state index contributed by atoms with van der Waals surface area (Å²) in [5.74, 6) is 0.407. The minimum Gasteiger partial charge on any atom is -0.494 e. The second kappa shape index (κ2) is 12.5. The molecule has 3 aromatic rings. The van der Waals surface area contributed by atoms with Gasteiger partial charge in [0.15, 0.2) is 5.65 Å². The molecular formula is C21H25F6N5O6P2S. The zero-order valence-corrected chi connectivity index (χ0v) is 23.9. The molecule has 0 fully saturated rings. The van der Waals surface area contributed by atoms with E-state index in [-0.39, 0.29) is 17.1 Å². The van der Waals surface area contributed by atoms with Crippen LogP contribution in [-0.2, 0) is 20.4 Å². The Morgan fingerprint density at radius 1 is 1.07 bits per heavy atom. The Bertz CT molecular complexity index is 1440. The smallest absolute Gasteiger partial charge is 0.398 e. The Hall–Kier alpha value is -2.36. The normalized spacial score (nSPS) is 17.1. The van der Waals surface area contributed by atoms with E-state index in [0.717, 1.165) is 18.7 Å². The third kappa shape index (κ3) is 9.32. The average Bonchev–Trinajstić information content (AvgIpc) is 3.17. The summed E-state index contributed by atoms with van der Waals surface area (Å²) in [4.78, 5) is 33.2. The van der Waals surface area contributed by atoms with Crippen molar-refractivity contribution in [2.24, 2.45) is 0 Å². The molecule has 11 nitrogen and oxygen atoms in total. The standard InChI is InChI=1S/C21H25F6N5O6P2S/c1-3-37-13-5-4-6-14(7-13)41-17-15-16(30-18(28)31-17)32(11-29-15)8-12(2)38-19(39(33,34)9-20(22,23)24)40(35,36)10-21(25,26)27/h4-7,11-12,19H,3,8-10H2,1-2H3,(H,33,34)(H,35,36)(H2,28,30,31). The predicted molar refractivity (Wildman–Crippen MR) is 137 cm³/mol. The maximum absolute atomic E-state index is 12.9. The number of nitrogens with zero attached hydrogens (tertiary/aromatic N) is 4. The molecule has 0 aliphatic heterocycles. The largest absolute Gasteiger partial charge is 0.494 e. The second-order valence-corrected chi connectivity index (χ2v) is 14.9. The first-order valence-electron chi connectivity index (χ1n) is 11.6. The van der Waals surface area contributed by atoms with E-state index in [1.54, 1.807) is 24.3 Å². The number of anilines is 1. The van der Waals surface area contributed by atoms with E-state index in [1.807, 2.05) is 6.92 Å². The average molecular weight is 651 g/mol. The number of hydrogen-bond donors (Lipinski definition) is 3. The van der Waals surface area contributed by atoms with Crippen LogP contribution in [0.1, 0.15) is 13.8 Å². The zero-order valence-electron chi connectivity index (χ0n) is 21.3. The van der Waals surface area contributed by atoms with Crippen molar-refractivity contribution in [1.82, 2.24) is 19.5 Å². The van der Waals surface area contributed by atoms with Gasteiger partial charge in [-0.2, -0.15) is 31.3 Å². The summed E-state index contributed by atoms with van der Waals surface area (Å²) in [5.41, 5.74) is 3.00. The monoisotopic (exact) mass is 651 g/mol. The highest BCUT2D eigenvalue weighted by atomic mass is 32.2. The van der Waals surface area contributed by atoms with Crippen LogP contribution in [0.15, 0.2) is 40.5 Å². The molecule has 0 amide bonds. The number of hydrogen-bond acceptors (Lipinski definition) is 9. The number of benzene rings is 1. The van der Waals surface area contributed by atoms with Crippen LogP contribution in [0.3, 0.4) is 0 Å². The molecule has 0 spiro atoms. The first-order valence-corrected chi connectivity index (χ1v) is 16.2. The van der Waals surface area contributed by atoms with Crippen LogP contribution in [0.2, 0.25) is 0 Å². The Kier molecular flexibility index (Phi) is 10.1. The van der Waals surface area contributed by atoms with E-state index in [0.29, 0.717) is 22.3 Å². The Morgan fingerprint density at radius 3 is 2.24 bits per heavy atom. The fraction of sp³-hybridized carbons (Fsp3) is 0.476. The van der Waals surface area contributed by atoms with Crippen molar-refractivity contribution >= 4 is 43.6 Å². The molecule has 0 radical (unpaired) electrons. The number of nitrogens with two attached hydrogens (primary N) is 1. The molecule has 3 rings (SSSR count). The van der Waals surface area contributed by atoms with Crippen LogP contribution < -0.4 is 10.5 Å². The lowest BCUT2D eigenvalue weighted by Gasteiger charge is -2.30. The van der Waals surface area contributed by atoms with Gasteiger partial charge >= 0.3 is 12.4 Å². The zero-order chi connectivity index (χ0) is 30.8. The van der Waals surface area contributed by atoms with Gasteiger partial charge in [-0.3, -0.25) is 9.13 Å². The van der Waals surface area contributed by atoms with Gasteiger partial charge < -0.3 is 29.6 Å². The lowest BCUT2D eigenvalue weighted by molar-refractivity contribution is -0.109. The van der Waals surface area contributed by atoms with E-state index in [2.05, 4.69) is 15.0 Å². The van der Waals surface area contributed by atoms with E-state index < -0.39 is 57.6 Å². The molecule has 4 N–H and O–H groups in total. The molecule has 0 bridgehead atoms. The highest BCUT2D eigenvalue weighted by Gasteiger charge is 2.55. The summed E-state index contributed by atoms with van der Waals surface area (Å²) in [5, 5.41) is 0.307. The third-order valence-corrected chi connectivity index (χ3v) is 11.5. The van der Waals surface area contributed by atoms with Crippen molar-refractivity contribution in [2.45, 2.75) is 54.4 Å². The highest BCUT2D eigenvalue weighted by Crippen LogP contribution is 2.67. The Labute approximate surface area is 233 Å². The van der Waals surface area contributed by atoms with Crippen LogP contribution in [0.4, 0.5) is 32.3 Å². The van der Waals surface area contributed by atoms with Gasteiger partial charge in [-0.15, -0.1) is 0 Å². The van der Waals surface area contributed by atoms with Crippen molar-refractivity contribution in [3.63, 3.8) is 0 Å². The molecule has 41 heavy (non-hydrogen) atoms. The number of nitrogen functional groups attached to an aromatic ring is 1. The van der Waals surface area contributed by atoms with Crippen LogP contribution in [-0.4, -0.2) is 72.3 Å². The van der Waals surface area contributed by atoms with Gasteiger partial charge in [0.1, 0.15) is 28.6 Å². The summed E-state index contributed by atoms with van der Waals surface area (Å²) in [6.45, 7) is 2.97. The van der Waals surface area contributed by atoms with Gasteiger partial charge in [0.05, 0.1) is 25.6 Å². The lowest BCUT2D eigenvalue weighted by atomic mass is 10.3. The molecule has 0 aliphatic carbocycles. The number of alkyl halides is 6.